The van der Waals surface area contributed by atoms with E-state index in [1.54, 1.807) is 0 Å². The van der Waals surface area contributed by atoms with E-state index in [2.05, 4.69) is 24.4 Å². The van der Waals surface area contributed by atoms with Gasteiger partial charge in [0.15, 0.2) is 0 Å². The largest absolute Gasteiger partial charge is 1.00 e. The summed E-state index contributed by atoms with van der Waals surface area (Å²) in [5, 5.41) is 20.1. The van der Waals surface area contributed by atoms with Crippen molar-refractivity contribution in [3.8, 4) is 0 Å². The first-order valence-corrected chi connectivity index (χ1v) is 13.7. The number of hydrogen-bond acceptors (Lipinski definition) is 4. The first-order chi connectivity index (χ1) is 15.8. The lowest BCUT2D eigenvalue weighted by molar-refractivity contribution is -0.691. The number of ether oxygens (including phenoxy) is 2. The summed E-state index contributed by atoms with van der Waals surface area (Å²) in [6.07, 6.45) is 25.6. The molecule has 0 aromatic heterocycles. The molecule has 0 aromatic rings. The molecule has 0 aliphatic rings. The van der Waals surface area contributed by atoms with Crippen LogP contribution in [0, 0.1) is 0 Å². The number of nitrogens with two attached hydrogens (primary N) is 1. The predicted molar refractivity (Wildman–Crippen MR) is 135 cm³/mol. The molecule has 0 fully saturated rings. The summed E-state index contributed by atoms with van der Waals surface area (Å²) in [7, 11) is 0. The zero-order valence-corrected chi connectivity index (χ0v) is 22.4. The number of allylic oxidation sites excluding steroid dienone is 2. The van der Waals surface area contributed by atoms with Crippen LogP contribution >= 0.6 is 0 Å². The third-order valence-electron chi connectivity index (χ3n) is 5.95. The minimum Gasteiger partial charge on any atom is -1.00 e. The molecule has 6 heteroatoms. The lowest BCUT2D eigenvalue weighted by Gasteiger charge is -2.16. The van der Waals surface area contributed by atoms with Gasteiger partial charge in [-0.1, -0.05) is 70.4 Å². The summed E-state index contributed by atoms with van der Waals surface area (Å²) in [5.74, 6) is 0. The zero-order chi connectivity index (χ0) is 23.4. The standard InChI is InChI=1S/C27H55NO4.ClH/c1-2-3-4-5-6-7-8-9-10-11-12-13-14-15-16-17-20-28-27(18-23-31-25-21-29)19-24-32-26-22-30;/h9-10,27-30H,2-8,11-26H2,1H3;1H/b10-9+;. The van der Waals surface area contributed by atoms with Crippen molar-refractivity contribution in [2.24, 2.45) is 0 Å². The second-order valence-electron chi connectivity index (χ2n) is 8.97. The van der Waals surface area contributed by atoms with Gasteiger partial charge in [-0.2, -0.15) is 0 Å². The highest BCUT2D eigenvalue weighted by Crippen LogP contribution is 2.09. The van der Waals surface area contributed by atoms with E-state index in [1.165, 1.54) is 89.9 Å². The molecule has 0 saturated heterocycles. The fourth-order valence-electron chi connectivity index (χ4n) is 3.93. The molecular weight excluding hydrogens is 438 g/mol. The summed E-state index contributed by atoms with van der Waals surface area (Å²) in [6.45, 7) is 5.83. The van der Waals surface area contributed by atoms with E-state index >= 15 is 0 Å². The predicted octanol–water partition coefficient (Wildman–Crippen LogP) is 1.76. The van der Waals surface area contributed by atoms with Crippen LogP contribution in [0.25, 0.3) is 0 Å². The molecule has 0 amide bonds. The Labute approximate surface area is 211 Å². The molecule has 4 N–H and O–H groups in total. The Balaban J connectivity index is 0. The molecule has 0 unspecified atom stereocenters. The Morgan fingerprint density at radius 2 is 1.09 bits per heavy atom. The molecule has 0 aromatic carbocycles. The first kappa shape index (κ1) is 35.0. The SMILES string of the molecule is CCCCCCCC/C=C/CCCCCCCC[NH2+]C(CCOCCO)CCOCCO.[Cl-]. The van der Waals surface area contributed by atoms with Gasteiger partial charge in [0.25, 0.3) is 0 Å². The van der Waals surface area contributed by atoms with E-state index in [9.17, 15) is 0 Å². The number of aliphatic hydroxyl groups excluding tert-OH is 2. The Morgan fingerprint density at radius 3 is 1.58 bits per heavy atom. The summed E-state index contributed by atoms with van der Waals surface area (Å²) >= 11 is 0. The Hall–Kier alpha value is -0.170. The highest BCUT2D eigenvalue weighted by molar-refractivity contribution is 4.81. The van der Waals surface area contributed by atoms with Gasteiger partial charge in [0.05, 0.1) is 52.2 Å². The highest BCUT2D eigenvalue weighted by Gasteiger charge is 2.11. The Kier molecular flexibility index (Phi) is 33.8. The van der Waals surface area contributed by atoms with Crippen molar-refractivity contribution in [3.05, 3.63) is 12.2 Å². The average molecular weight is 494 g/mol. The second-order valence-corrected chi connectivity index (χ2v) is 8.97. The van der Waals surface area contributed by atoms with Crippen molar-refractivity contribution in [2.45, 2.75) is 116 Å². The van der Waals surface area contributed by atoms with Crippen LogP contribution in [0.1, 0.15) is 110 Å². The summed E-state index contributed by atoms with van der Waals surface area (Å²) in [4.78, 5) is 0. The maximum atomic E-state index is 8.82. The maximum absolute atomic E-state index is 8.82. The number of unbranched alkanes of at least 4 members (excludes halogenated alkanes) is 12. The van der Waals surface area contributed by atoms with Gasteiger partial charge in [0, 0.05) is 12.8 Å². The molecule has 0 atom stereocenters. The molecule has 0 saturated carbocycles. The van der Waals surface area contributed by atoms with Crippen LogP contribution in [0.2, 0.25) is 0 Å². The third kappa shape index (κ3) is 29.8. The van der Waals surface area contributed by atoms with Crippen LogP contribution < -0.4 is 17.7 Å². The molecule has 0 heterocycles. The summed E-state index contributed by atoms with van der Waals surface area (Å²) in [5.41, 5.74) is 0. The molecule has 200 valence electrons. The smallest absolute Gasteiger partial charge is 0.0903 e. The van der Waals surface area contributed by atoms with Gasteiger partial charge in [-0.25, -0.2) is 0 Å². The normalized spacial score (nSPS) is 11.5. The molecule has 0 aliphatic carbocycles. The molecule has 0 rings (SSSR count). The van der Waals surface area contributed by atoms with Gasteiger partial charge >= 0.3 is 0 Å². The van der Waals surface area contributed by atoms with Crippen LogP contribution in [0.15, 0.2) is 12.2 Å². The maximum Gasteiger partial charge on any atom is 0.0903 e. The summed E-state index contributed by atoms with van der Waals surface area (Å²) < 4.78 is 10.8. The minimum atomic E-state index is 0. The fourth-order valence-corrected chi connectivity index (χ4v) is 3.93. The van der Waals surface area contributed by atoms with Crippen molar-refractivity contribution in [2.75, 3.05) is 46.2 Å². The Morgan fingerprint density at radius 1 is 0.636 bits per heavy atom. The van der Waals surface area contributed by atoms with Crippen LogP contribution in [-0.2, 0) is 9.47 Å². The topological polar surface area (TPSA) is 75.5 Å². The Bertz CT molecular complexity index is 360. The molecule has 5 nitrogen and oxygen atoms in total. The zero-order valence-electron chi connectivity index (χ0n) is 21.7. The molecule has 0 bridgehead atoms. The van der Waals surface area contributed by atoms with Crippen LogP contribution in [0.5, 0.6) is 0 Å². The van der Waals surface area contributed by atoms with E-state index in [0.29, 0.717) is 32.5 Å². The van der Waals surface area contributed by atoms with Gasteiger partial charge in [-0.05, 0) is 38.5 Å². The average Bonchev–Trinajstić information content (AvgIpc) is 2.81. The lowest BCUT2D eigenvalue weighted by atomic mass is 10.1. The molecular formula is C27H56ClNO4. The van der Waals surface area contributed by atoms with Gasteiger partial charge in [0.2, 0.25) is 0 Å². The van der Waals surface area contributed by atoms with Gasteiger partial charge in [-0.3, -0.25) is 0 Å². The van der Waals surface area contributed by atoms with Crippen LogP contribution in [-0.4, -0.2) is 62.4 Å². The van der Waals surface area contributed by atoms with E-state index < -0.39 is 0 Å². The van der Waals surface area contributed by atoms with E-state index in [4.69, 9.17) is 19.7 Å². The van der Waals surface area contributed by atoms with Crippen LogP contribution in [0.3, 0.4) is 0 Å². The highest BCUT2D eigenvalue weighted by atomic mass is 35.5. The van der Waals surface area contributed by atoms with Crippen molar-refractivity contribution in [1.29, 1.82) is 0 Å². The van der Waals surface area contributed by atoms with Crippen molar-refractivity contribution < 1.29 is 37.4 Å². The number of rotatable bonds is 27. The quantitative estimate of drug-likeness (QED) is 0.120. The third-order valence-corrected chi connectivity index (χ3v) is 5.95. The molecule has 0 radical (unpaired) electrons. The van der Waals surface area contributed by atoms with Gasteiger partial charge in [0.1, 0.15) is 0 Å². The van der Waals surface area contributed by atoms with E-state index in [0.717, 1.165) is 19.4 Å². The monoisotopic (exact) mass is 493 g/mol. The van der Waals surface area contributed by atoms with E-state index in [1.807, 2.05) is 0 Å². The molecule has 33 heavy (non-hydrogen) atoms. The summed E-state index contributed by atoms with van der Waals surface area (Å²) in [6, 6.07) is 0.496. The van der Waals surface area contributed by atoms with Gasteiger partial charge in [-0.15, -0.1) is 0 Å². The van der Waals surface area contributed by atoms with Crippen molar-refractivity contribution in [1.82, 2.24) is 0 Å². The van der Waals surface area contributed by atoms with Gasteiger partial charge < -0.3 is 37.4 Å². The van der Waals surface area contributed by atoms with Crippen LogP contribution in [0.4, 0.5) is 0 Å². The van der Waals surface area contributed by atoms with Crippen molar-refractivity contribution in [3.63, 3.8) is 0 Å². The molecule has 0 aliphatic heterocycles. The lowest BCUT2D eigenvalue weighted by Crippen LogP contribution is -3.00. The second kappa shape index (κ2) is 31.8. The fraction of sp³-hybridized carbons (Fsp3) is 0.926. The minimum absolute atomic E-state index is 0. The molecule has 0 spiro atoms. The number of aliphatic hydroxyl groups is 2. The number of halogens is 1. The van der Waals surface area contributed by atoms with E-state index in [-0.39, 0.29) is 25.6 Å². The number of hydrogen-bond donors (Lipinski definition) is 3. The first-order valence-electron chi connectivity index (χ1n) is 13.7. The number of quaternary nitrogens is 1. The van der Waals surface area contributed by atoms with Crippen molar-refractivity contribution >= 4 is 0 Å².